The van der Waals surface area contributed by atoms with E-state index in [4.69, 9.17) is 9.47 Å². The highest BCUT2D eigenvalue weighted by molar-refractivity contribution is 5.83. The molecule has 4 nitrogen and oxygen atoms in total. The number of esters is 1. The van der Waals surface area contributed by atoms with Gasteiger partial charge < -0.3 is 14.6 Å². The third kappa shape index (κ3) is 4.63. The Morgan fingerprint density at radius 3 is 2.48 bits per heavy atom. The fraction of sp³-hybridized carbons (Fsp3) is 0.571. The highest BCUT2D eigenvalue weighted by Gasteiger charge is 2.41. The van der Waals surface area contributed by atoms with Gasteiger partial charge in [0.2, 0.25) is 5.79 Å². The van der Waals surface area contributed by atoms with Crippen molar-refractivity contribution >= 4 is 5.97 Å². The second kappa shape index (κ2) is 7.20. The van der Waals surface area contributed by atoms with Crippen LogP contribution in [-0.2, 0) is 20.7 Å². The van der Waals surface area contributed by atoms with Gasteiger partial charge in [0.25, 0.3) is 0 Å². The van der Waals surface area contributed by atoms with Gasteiger partial charge in [-0.25, -0.2) is 4.79 Å². The van der Waals surface area contributed by atoms with Gasteiger partial charge in [-0.2, -0.15) is 0 Å². The number of cyclic esters (lactones) is 1. The molecular formula is C21H28O4. The molecule has 1 aliphatic heterocycles. The predicted molar refractivity (Wildman–Crippen MR) is 95.6 cm³/mol. The summed E-state index contributed by atoms with van der Waals surface area (Å²) in [7, 11) is 0. The van der Waals surface area contributed by atoms with E-state index in [1.54, 1.807) is 13.8 Å². The Labute approximate surface area is 149 Å². The first kappa shape index (κ1) is 18.0. The molecule has 1 fully saturated rings. The maximum Gasteiger partial charge on any atom is 0.337 e. The van der Waals surface area contributed by atoms with Crippen LogP contribution in [0.25, 0.3) is 0 Å². The third-order valence-corrected chi connectivity index (χ3v) is 5.29. The number of aryl methyl sites for hydroxylation is 1. The Morgan fingerprint density at radius 2 is 1.84 bits per heavy atom. The average Bonchev–Trinajstić information content (AvgIpc) is 3.07. The van der Waals surface area contributed by atoms with Gasteiger partial charge in [0, 0.05) is 20.3 Å². The monoisotopic (exact) mass is 344 g/mol. The zero-order chi connectivity index (χ0) is 17.9. The Bertz CT molecular complexity index is 629. The van der Waals surface area contributed by atoms with Crippen LogP contribution in [0.15, 0.2) is 42.2 Å². The lowest BCUT2D eigenvalue weighted by molar-refractivity contribution is -0.208. The van der Waals surface area contributed by atoms with Crippen molar-refractivity contribution in [2.24, 2.45) is 5.92 Å². The van der Waals surface area contributed by atoms with Gasteiger partial charge in [-0.3, -0.25) is 0 Å². The minimum absolute atomic E-state index is 0.252. The number of carbonyl (C=O) groups is 1. The fourth-order valence-corrected chi connectivity index (χ4v) is 4.06. The summed E-state index contributed by atoms with van der Waals surface area (Å²) < 4.78 is 11.0. The average molecular weight is 344 g/mol. The van der Waals surface area contributed by atoms with Gasteiger partial charge in [-0.1, -0.05) is 43.2 Å². The number of hydrogen-bond donors (Lipinski definition) is 1. The van der Waals surface area contributed by atoms with Crippen LogP contribution >= 0.6 is 0 Å². The van der Waals surface area contributed by atoms with Gasteiger partial charge in [-0.05, 0) is 37.2 Å². The van der Waals surface area contributed by atoms with Crippen LogP contribution in [-0.4, -0.2) is 22.5 Å². The van der Waals surface area contributed by atoms with Gasteiger partial charge in [-0.15, -0.1) is 0 Å². The summed E-state index contributed by atoms with van der Waals surface area (Å²) in [4.78, 5) is 11.8. The summed E-state index contributed by atoms with van der Waals surface area (Å²) in [6.07, 6.45) is 7.61. The molecule has 1 aromatic carbocycles. The van der Waals surface area contributed by atoms with E-state index in [9.17, 15) is 9.90 Å². The maximum absolute atomic E-state index is 11.8. The molecule has 0 bridgehead atoms. The van der Waals surface area contributed by atoms with Crippen molar-refractivity contribution < 1.29 is 19.4 Å². The molecule has 0 saturated heterocycles. The zero-order valence-electron chi connectivity index (χ0n) is 15.2. The molecule has 1 atom stereocenters. The molecular weight excluding hydrogens is 316 g/mol. The molecule has 4 heteroatoms. The fourth-order valence-electron chi connectivity index (χ4n) is 4.06. The molecule has 136 valence electrons. The normalized spacial score (nSPS) is 22.7. The topological polar surface area (TPSA) is 55.8 Å². The first-order valence-corrected chi connectivity index (χ1v) is 9.25. The van der Waals surface area contributed by atoms with Gasteiger partial charge in [0.15, 0.2) is 0 Å². The Kier molecular flexibility index (Phi) is 5.19. The smallest absolute Gasteiger partial charge is 0.337 e. The molecule has 1 saturated carbocycles. The van der Waals surface area contributed by atoms with Gasteiger partial charge in [0.1, 0.15) is 5.76 Å². The van der Waals surface area contributed by atoms with Crippen LogP contribution in [0.1, 0.15) is 57.9 Å². The van der Waals surface area contributed by atoms with Crippen molar-refractivity contribution in [2.75, 3.05) is 0 Å². The summed E-state index contributed by atoms with van der Waals surface area (Å²) in [5, 5.41) is 11.5. The highest BCUT2D eigenvalue weighted by Crippen LogP contribution is 2.41. The quantitative estimate of drug-likeness (QED) is 0.789. The summed E-state index contributed by atoms with van der Waals surface area (Å²) in [5.41, 5.74) is 0.364. The number of hydrogen-bond acceptors (Lipinski definition) is 4. The molecule has 3 rings (SSSR count). The van der Waals surface area contributed by atoms with Crippen LogP contribution in [0.5, 0.6) is 0 Å². The van der Waals surface area contributed by atoms with Crippen molar-refractivity contribution in [3.05, 3.63) is 47.7 Å². The Morgan fingerprint density at radius 1 is 1.16 bits per heavy atom. The number of carbonyl (C=O) groups excluding carboxylic acids is 1. The molecule has 0 amide bonds. The Hall–Kier alpha value is -1.81. The summed E-state index contributed by atoms with van der Waals surface area (Å²) in [5.74, 6) is -0.592. The molecule has 0 aromatic heterocycles. The molecule has 1 aromatic rings. The van der Waals surface area contributed by atoms with Gasteiger partial charge >= 0.3 is 5.97 Å². The second-order valence-electron chi connectivity index (χ2n) is 7.78. The van der Waals surface area contributed by atoms with E-state index in [0.29, 0.717) is 18.6 Å². The minimum Gasteiger partial charge on any atom is -0.457 e. The van der Waals surface area contributed by atoms with Crippen molar-refractivity contribution in [2.45, 2.75) is 70.2 Å². The lowest BCUT2D eigenvalue weighted by Crippen LogP contribution is -2.41. The van der Waals surface area contributed by atoms with Crippen LogP contribution in [0.2, 0.25) is 0 Å². The van der Waals surface area contributed by atoms with Crippen LogP contribution < -0.4 is 0 Å². The first-order chi connectivity index (χ1) is 11.9. The molecule has 1 unspecified atom stereocenters. The largest absolute Gasteiger partial charge is 0.457 e. The van der Waals surface area contributed by atoms with Gasteiger partial charge in [0.05, 0.1) is 11.7 Å². The van der Waals surface area contributed by atoms with Crippen LogP contribution in [0.4, 0.5) is 0 Å². The number of aliphatic hydroxyl groups is 1. The van der Waals surface area contributed by atoms with E-state index in [1.165, 1.54) is 11.6 Å². The third-order valence-electron chi connectivity index (χ3n) is 5.29. The molecule has 25 heavy (non-hydrogen) atoms. The van der Waals surface area contributed by atoms with E-state index in [-0.39, 0.29) is 5.92 Å². The minimum atomic E-state index is -0.975. The van der Waals surface area contributed by atoms with Crippen molar-refractivity contribution in [3.63, 3.8) is 0 Å². The lowest BCUT2D eigenvalue weighted by Gasteiger charge is -2.38. The van der Waals surface area contributed by atoms with E-state index in [1.807, 2.05) is 18.2 Å². The van der Waals surface area contributed by atoms with Crippen molar-refractivity contribution in [1.82, 2.24) is 0 Å². The summed E-state index contributed by atoms with van der Waals surface area (Å²) >= 11 is 0. The van der Waals surface area contributed by atoms with E-state index in [2.05, 4.69) is 12.1 Å². The Balaban J connectivity index is 1.75. The first-order valence-electron chi connectivity index (χ1n) is 9.25. The SMILES string of the molecule is CC1(C)OC(=O)C=C(CC(O)(CCc2ccccc2)C2CCCC2)O1. The van der Waals surface area contributed by atoms with Crippen molar-refractivity contribution in [1.29, 1.82) is 0 Å². The summed E-state index contributed by atoms with van der Waals surface area (Å²) in [6.45, 7) is 3.44. The maximum atomic E-state index is 11.8. The van der Waals surface area contributed by atoms with Crippen molar-refractivity contribution in [3.8, 4) is 0 Å². The molecule has 1 heterocycles. The van der Waals surface area contributed by atoms with E-state index >= 15 is 0 Å². The number of ether oxygens (including phenoxy) is 2. The van der Waals surface area contributed by atoms with E-state index < -0.39 is 17.4 Å². The second-order valence-corrected chi connectivity index (χ2v) is 7.78. The zero-order valence-corrected chi connectivity index (χ0v) is 15.2. The highest BCUT2D eigenvalue weighted by atomic mass is 16.7. The molecule has 1 N–H and O–H groups in total. The molecule has 1 aliphatic carbocycles. The lowest BCUT2D eigenvalue weighted by atomic mass is 9.78. The number of benzene rings is 1. The standard InChI is InChI=1S/C21H28O4/c1-20(2)24-18(14-19(22)25-20)15-21(23,17-10-6-7-11-17)13-12-16-8-4-3-5-9-16/h3-5,8-9,14,17,23H,6-7,10-13,15H2,1-2H3. The molecule has 0 radical (unpaired) electrons. The predicted octanol–water partition coefficient (Wildman–Crippen LogP) is 4.12. The molecule has 0 spiro atoms. The van der Waals surface area contributed by atoms with Crippen LogP contribution in [0.3, 0.4) is 0 Å². The molecule has 2 aliphatic rings. The van der Waals surface area contributed by atoms with Crippen LogP contribution in [0, 0.1) is 5.92 Å². The van der Waals surface area contributed by atoms with E-state index in [0.717, 1.165) is 32.1 Å². The summed E-state index contributed by atoms with van der Waals surface area (Å²) in [6, 6.07) is 10.2. The number of rotatable bonds is 6.